The van der Waals surface area contributed by atoms with Gasteiger partial charge in [0.2, 0.25) is 0 Å². The maximum absolute atomic E-state index is 13.3. The maximum Gasteiger partial charge on any atom is 0.163 e. The fourth-order valence-electron chi connectivity index (χ4n) is 1.47. The first-order valence-corrected chi connectivity index (χ1v) is 4.31. The Morgan fingerprint density at radius 3 is 2.50 bits per heavy atom. The van der Waals surface area contributed by atoms with E-state index in [9.17, 15) is 8.78 Å². The van der Waals surface area contributed by atoms with Gasteiger partial charge in [-0.25, -0.2) is 8.78 Å². The molecule has 1 aliphatic rings. The largest absolute Gasteiger partial charge is 0.387 e. The molecule has 1 heterocycles. The summed E-state index contributed by atoms with van der Waals surface area (Å²) < 4.78 is 26.5. The molecule has 74 valence electrons. The number of nitrogens with zero attached hydrogens (tertiary/aromatic N) is 1. The lowest BCUT2D eigenvalue weighted by molar-refractivity contribution is 0.0800. The molecule has 1 atom stereocenters. The van der Waals surface area contributed by atoms with Crippen LogP contribution in [0.4, 0.5) is 8.78 Å². The number of hydrogen-bond acceptors (Lipinski definition) is 2. The molecule has 0 bridgehead atoms. The van der Waals surface area contributed by atoms with Gasteiger partial charge in [-0.2, -0.15) is 0 Å². The molecule has 14 heavy (non-hydrogen) atoms. The Morgan fingerprint density at radius 1 is 1.36 bits per heavy atom. The van der Waals surface area contributed by atoms with Gasteiger partial charge in [-0.3, -0.25) is 0 Å². The highest BCUT2D eigenvalue weighted by molar-refractivity contribution is 5.83. The molecule has 0 aliphatic carbocycles. The summed E-state index contributed by atoms with van der Waals surface area (Å²) in [5.74, 6) is -1.17. The molecule has 0 N–H and O–H groups in total. The third-order valence-corrected chi connectivity index (χ3v) is 2.14. The van der Waals surface area contributed by atoms with Gasteiger partial charge in [-0.15, -0.1) is 0 Å². The minimum absolute atomic E-state index is 0.0342. The van der Waals surface area contributed by atoms with Crippen molar-refractivity contribution in [2.75, 3.05) is 0 Å². The molecule has 0 amide bonds. The molecule has 0 saturated heterocycles. The lowest BCUT2D eigenvalue weighted by Crippen LogP contribution is -2.04. The zero-order chi connectivity index (χ0) is 10.1. The van der Waals surface area contributed by atoms with Crippen LogP contribution in [0.25, 0.3) is 0 Å². The first-order valence-electron chi connectivity index (χ1n) is 4.31. The molecule has 2 rings (SSSR count). The summed E-state index contributed by atoms with van der Waals surface area (Å²) in [5, 5.41) is 3.66. The highest BCUT2D eigenvalue weighted by Gasteiger charge is 2.26. The molecule has 4 heteroatoms. The molecular formula is C10H9F2NO. The van der Waals surface area contributed by atoms with E-state index in [0.29, 0.717) is 6.42 Å². The van der Waals surface area contributed by atoms with Crippen molar-refractivity contribution >= 4 is 5.71 Å². The molecule has 1 unspecified atom stereocenters. The monoisotopic (exact) mass is 197 g/mol. The van der Waals surface area contributed by atoms with E-state index < -0.39 is 17.7 Å². The van der Waals surface area contributed by atoms with Gasteiger partial charge >= 0.3 is 0 Å². The number of benzene rings is 1. The van der Waals surface area contributed by atoms with E-state index in [1.807, 2.05) is 0 Å². The summed E-state index contributed by atoms with van der Waals surface area (Å²) >= 11 is 0. The van der Waals surface area contributed by atoms with Gasteiger partial charge < -0.3 is 4.84 Å². The number of halogens is 2. The topological polar surface area (TPSA) is 21.6 Å². The van der Waals surface area contributed by atoms with Crippen molar-refractivity contribution in [2.45, 2.75) is 19.4 Å². The minimum atomic E-state index is -0.615. The summed E-state index contributed by atoms with van der Waals surface area (Å²) in [4.78, 5) is 4.92. The number of oxime groups is 1. The second-order valence-electron chi connectivity index (χ2n) is 3.26. The second-order valence-corrected chi connectivity index (χ2v) is 3.26. The van der Waals surface area contributed by atoms with Gasteiger partial charge in [0.25, 0.3) is 0 Å². The third-order valence-electron chi connectivity index (χ3n) is 2.14. The van der Waals surface area contributed by atoms with Crippen molar-refractivity contribution in [1.82, 2.24) is 0 Å². The lowest BCUT2D eigenvalue weighted by atomic mass is 10.0. The van der Waals surface area contributed by atoms with Crippen LogP contribution < -0.4 is 0 Å². The van der Waals surface area contributed by atoms with E-state index in [2.05, 4.69) is 5.16 Å². The van der Waals surface area contributed by atoms with Gasteiger partial charge in [0, 0.05) is 6.42 Å². The van der Waals surface area contributed by atoms with Crippen molar-refractivity contribution in [3.63, 3.8) is 0 Å². The van der Waals surface area contributed by atoms with Crippen molar-refractivity contribution in [3.8, 4) is 0 Å². The summed E-state index contributed by atoms with van der Waals surface area (Å²) in [6.45, 7) is 1.76. The van der Waals surface area contributed by atoms with Crippen molar-refractivity contribution in [1.29, 1.82) is 0 Å². The first kappa shape index (κ1) is 9.12. The van der Waals surface area contributed by atoms with E-state index in [1.165, 1.54) is 18.2 Å². The average Bonchev–Trinajstić information content (AvgIpc) is 2.51. The Balaban J connectivity index is 2.33. The molecular weight excluding hydrogens is 188 g/mol. The summed E-state index contributed by atoms with van der Waals surface area (Å²) in [5.41, 5.74) is 0.714. The SMILES string of the molecule is CC1=NOC(c2c(F)cccc2F)C1. The van der Waals surface area contributed by atoms with Crippen LogP contribution >= 0.6 is 0 Å². The Morgan fingerprint density at radius 2 is 2.00 bits per heavy atom. The lowest BCUT2D eigenvalue weighted by Gasteiger charge is -2.10. The van der Waals surface area contributed by atoms with Crippen molar-refractivity contribution < 1.29 is 13.6 Å². The Hall–Kier alpha value is -1.45. The van der Waals surface area contributed by atoms with E-state index >= 15 is 0 Å². The van der Waals surface area contributed by atoms with Gasteiger partial charge in [-0.1, -0.05) is 11.2 Å². The van der Waals surface area contributed by atoms with Crippen molar-refractivity contribution in [3.05, 3.63) is 35.4 Å². The first-order chi connectivity index (χ1) is 6.68. The minimum Gasteiger partial charge on any atom is -0.387 e. The zero-order valence-electron chi connectivity index (χ0n) is 7.63. The highest BCUT2D eigenvalue weighted by atomic mass is 19.1. The van der Waals surface area contributed by atoms with E-state index in [4.69, 9.17) is 4.84 Å². The van der Waals surface area contributed by atoms with Crippen LogP contribution in [0.1, 0.15) is 25.0 Å². The number of rotatable bonds is 1. The zero-order valence-corrected chi connectivity index (χ0v) is 7.63. The molecule has 1 aliphatic heterocycles. The van der Waals surface area contributed by atoms with Crippen LogP contribution in [0.3, 0.4) is 0 Å². The Kier molecular flexibility index (Phi) is 2.19. The molecule has 1 aromatic carbocycles. The number of hydrogen-bond donors (Lipinski definition) is 0. The van der Waals surface area contributed by atoms with Crippen LogP contribution in [-0.2, 0) is 4.84 Å². The van der Waals surface area contributed by atoms with E-state index in [-0.39, 0.29) is 5.56 Å². The quantitative estimate of drug-likeness (QED) is 0.678. The van der Waals surface area contributed by atoms with E-state index in [1.54, 1.807) is 6.92 Å². The molecule has 0 radical (unpaired) electrons. The molecule has 2 nitrogen and oxygen atoms in total. The summed E-state index contributed by atoms with van der Waals surface area (Å²) in [6, 6.07) is 3.77. The van der Waals surface area contributed by atoms with Crippen LogP contribution in [0.2, 0.25) is 0 Å². The average molecular weight is 197 g/mol. The summed E-state index contributed by atoms with van der Waals surface area (Å²) in [6.07, 6.45) is -0.172. The van der Waals surface area contributed by atoms with Gasteiger partial charge in [-0.05, 0) is 19.1 Å². The van der Waals surface area contributed by atoms with Crippen molar-refractivity contribution in [2.24, 2.45) is 5.16 Å². The summed E-state index contributed by atoms with van der Waals surface area (Å²) in [7, 11) is 0. The van der Waals surface area contributed by atoms with Crippen LogP contribution in [0.15, 0.2) is 23.4 Å². The van der Waals surface area contributed by atoms with E-state index in [0.717, 1.165) is 5.71 Å². The smallest absolute Gasteiger partial charge is 0.163 e. The highest BCUT2D eigenvalue weighted by Crippen LogP contribution is 2.30. The molecule has 0 fully saturated rings. The molecule has 0 saturated carbocycles. The Labute approximate surface area is 80.2 Å². The Bertz CT molecular complexity index is 369. The normalized spacial score (nSPS) is 20.5. The van der Waals surface area contributed by atoms with Gasteiger partial charge in [0.15, 0.2) is 6.10 Å². The van der Waals surface area contributed by atoms with Crippen LogP contribution in [0.5, 0.6) is 0 Å². The van der Waals surface area contributed by atoms with Gasteiger partial charge in [0.05, 0.1) is 11.3 Å². The fourth-order valence-corrected chi connectivity index (χ4v) is 1.47. The van der Waals surface area contributed by atoms with Gasteiger partial charge in [0.1, 0.15) is 11.6 Å². The predicted molar refractivity (Wildman–Crippen MR) is 47.9 cm³/mol. The third kappa shape index (κ3) is 1.47. The fraction of sp³-hybridized carbons (Fsp3) is 0.300. The predicted octanol–water partition coefficient (Wildman–Crippen LogP) is 2.80. The molecule has 0 aromatic heterocycles. The molecule has 1 aromatic rings. The maximum atomic E-state index is 13.3. The van der Waals surface area contributed by atoms with Crippen LogP contribution in [0, 0.1) is 11.6 Å². The van der Waals surface area contributed by atoms with Crippen LogP contribution in [-0.4, -0.2) is 5.71 Å². The molecule has 0 spiro atoms. The standard InChI is InChI=1S/C10H9F2NO/c1-6-5-9(14-13-6)10-7(11)3-2-4-8(10)12/h2-4,9H,5H2,1H3. The second kappa shape index (κ2) is 3.36.